The Morgan fingerprint density at radius 2 is 2.20 bits per heavy atom. The van der Waals surface area contributed by atoms with Crippen molar-refractivity contribution in [3.63, 3.8) is 0 Å². The van der Waals surface area contributed by atoms with Gasteiger partial charge in [-0.05, 0) is 42.9 Å². The second kappa shape index (κ2) is 6.67. The topological polar surface area (TPSA) is 83.6 Å². The highest BCUT2D eigenvalue weighted by atomic mass is 32.2. The molecule has 20 heavy (non-hydrogen) atoms. The number of aliphatic hydroxyl groups is 1. The van der Waals surface area contributed by atoms with Gasteiger partial charge in [0, 0.05) is 26.2 Å². The number of nitrogens with zero attached hydrogens (tertiary/aromatic N) is 1. The van der Waals surface area contributed by atoms with E-state index in [1.54, 1.807) is 18.2 Å². The van der Waals surface area contributed by atoms with E-state index < -0.39 is 10.0 Å². The fourth-order valence-electron chi connectivity index (χ4n) is 2.65. The lowest BCUT2D eigenvalue weighted by Gasteiger charge is -2.31. The predicted molar refractivity (Wildman–Crippen MR) is 77.5 cm³/mol. The van der Waals surface area contributed by atoms with Gasteiger partial charge in [-0.3, -0.25) is 0 Å². The molecule has 0 aliphatic carbocycles. The van der Waals surface area contributed by atoms with Gasteiger partial charge < -0.3 is 10.8 Å². The fraction of sp³-hybridized carbons (Fsp3) is 0.571. The number of rotatable bonds is 5. The van der Waals surface area contributed by atoms with E-state index in [4.69, 9.17) is 10.8 Å². The SMILES string of the molecule is NCc1cccc(S(=O)(=O)N2CCCC(CCO)C2)c1. The molecule has 1 aromatic rings. The van der Waals surface area contributed by atoms with Gasteiger partial charge in [-0.25, -0.2) is 8.42 Å². The normalized spacial score (nSPS) is 21.0. The lowest BCUT2D eigenvalue weighted by Crippen LogP contribution is -2.40. The average molecular weight is 298 g/mol. The largest absolute Gasteiger partial charge is 0.396 e. The van der Waals surface area contributed by atoms with Crippen molar-refractivity contribution in [2.45, 2.75) is 30.7 Å². The number of aliphatic hydroxyl groups excluding tert-OH is 1. The van der Waals surface area contributed by atoms with Gasteiger partial charge in [0.15, 0.2) is 0 Å². The van der Waals surface area contributed by atoms with E-state index in [-0.39, 0.29) is 12.5 Å². The summed E-state index contributed by atoms with van der Waals surface area (Å²) in [5.74, 6) is 0.251. The summed E-state index contributed by atoms with van der Waals surface area (Å²) < 4.78 is 26.8. The quantitative estimate of drug-likeness (QED) is 0.847. The first-order valence-electron chi connectivity index (χ1n) is 6.98. The molecule has 3 N–H and O–H groups in total. The summed E-state index contributed by atoms with van der Waals surface area (Å²) >= 11 is 0. The maximum Gasteiger partial charge on any atom is 0.243 e. The third kappa shape index (κ3) is 3.38. The van der Waals surface area contributed by atoms with E-state index in [1.807, 2.05) is 6.07 Å². The highest BCUT2D eigenvalue weighted by Gasteiger charge is 2.29. The second-order valence-corrected chi connectivity index (χ2v) is 7.17. The molecule has 1 heterocycles. The van der Waals surface area contributed by atoms with Crippen molar-refractivity contribution in [2.75, 3.05) is 19.7 Å². The van der Waals surface area contributed by atoms with Crippen LogP contribution in [0, 0.1) is 5.92 Å². The van der Waals surface area contributed by atoms with E-state index in [0.717, 1.165) is 18.4 Å². The highest BCUT2D eigenvalue weighted by molar-refractivity contribution is 7.89. The summed E-state index contributed by atoms with van der Waals surface area (Å²) in [6.45, 7) is 1.49. The third-order valence-corrected chi connectivity index (χ3v) is 5.65. The van der Waals surface area contributed by atoms with E-state index in [0.29, 0.717) is 31.0 Å². The molecule has 1 aliphatic rings. The number of nitrogens with two attached hydrogens (primary N) is 1. The van der Waals surface area contributed by atoms with Crippen LogP contribution in [0.15, 0.2) is 29.2 Å². The Kier molecular flexibility index (Phi) is 5.15. The van der Waals surface area contributed by atoms with Crippen LogP contribution in [0.4, 0.5) is 0 Å². The Morgan fingerprint density at radius 1 is 1.40 bits per heavy atom. The predicted octanol–water partition coefficient (Wildman–Crippen LogP) is 0.928. The molecule has 1 saturated heterocycles. The molecule has 1 fully saturated rings. The molecule has 6 heteroatoms. The Labute approximate surface area is 120 Å². The van der Waals surface area contributed by atoms with E-state index in [2.05, 4.69) is 0 Å². The maximum atomic E-state index is 12.6. The maximum absolute atomic E-state index is 12.6. The van der Waals surface area contributed by atoms with Crippen LogP contribution in [-0.2, 0) is 16.6 Å². The van der Waals surface area contributed by atoms with Gasteiger partial charge in [0.2, 0.25) is 10.0 Å². The molecule has 0 bridgehead atoms. The molecule has 1 unspecified atom stereocenters. The summed E-state index contributed by atoms with van der Waals surface area (Å²) in [5, 5.41) is 9.01. The molecule has 0 amide bonds. The Balaban J connectivity index is 2.20. The lowest BCUT2D eigenvalue weighted by atomic mass is 9.97. The molecule has 1 aromatic carbocycles. The van der Waals surface area contributed by atoms with Crippen molar-refractivity contribution in [2.24, 2.45) is 11.7 Å². The van der Waals surface area contributed by atoms with E-state index in [1.165, 1.54) is 4.31 Å². The first-order valence-corrected chi connectivity index (χ1v) is 8.42. The number of piperidine rings is 1. The molecule has 0 aromatic heterocycles. The van der Waals surface area contributed by atoms with Gasteiger partial charge >= 0.3 is 0 Å². The molecule has 1 aliphatic heterocycles. The van der Waals surface area contributed by atoms with Crippen molar-refractivity contribution < 1.29 is 13.5 Å². The van der Waals surface area contributed by atoms with Crippen LogP contribution in [0.2, 0.25) is 0 Å². The molecule has 2 rings (SSSR count). The Bertz CT molecular complexity index is 543. The fourth-order valence-corrected chi connectivity index (χ4v) is 4.27. The summed E-state index contributed by atoms with van der Waals surface area (Å²) in [7, 11) is -3.45. The van der Waals surface area contributed by atoms with E-state index in [9.17, 15) is 8.42 Å². The first kappa shape index (κ1) is 15.4. The zero-order chi connectivity index (χ0) is 14.6. The number of hydrogen-bond donors (Lipinski definition) is 2. The van der Waals surface area contributed by atoms with Crippen LogP contribution >= 0.6 is 0 Å². The van der Waals surface area contributed by atoms with Crippen LogP contribution in [0.5, 0.6) is 0 Å². The number of sulfonamides is 1. The van der Waals surface area contributed by atoms with E-state index >= 15 is 0 Å². The summed E-state index contributed by atoms with van der Waals surface area (Å²) in [6.07, 6.45) is 2.49. The van der Waals surface area contributed by atoms with Crippen LogP contribution in [0.25, 0.3) is 0 Å². The van der Waals surface area contributed by atoms with Crippen molar-refractivity contribution >= 4 is 10.0 Å². The standard InChI is InChI=1S/C14H22N2O3S/c15-10-13-3-1-5-14(9-13)20(18,19)16-7-2-4-12(11-16)6-8-17/h1,3,5,9,12,17H,2,4,6-8,10-11,15H2. The highest BCUT2D eigenvalue weighted by Crippen LogP contribution is 2.25. The molecule has 112 valence electrons. The van der Waals surface area contributed by atoms with Crippen LogP contribution < -0.4 is 5.73 Å². The van der Waals surface area contributed by atoms with Gasteiger partial charge in [-0.15, -0.1) is 0 Å². The Morgan fingerprint density at radius 3 is 2.90 bits per heavy atom. The minimum Gasteiger partial charge on any atom is -0.396 e. The third-order valence-electron chi connectivity index (χ3n) is 3.79. The van der Waals surface area contributed by atoms with Crippen molar-refractivity contribution in [1.29, 1.82) is 0 Å². The lowest BCUT2D eigenvalue weighted by molar-refractivity contribution is 0.203. The smallest absolute Gasteiger partial charge is 0.243 e. The van der Waals surface area contributed by atoms with Gasteiger partial charge in [-0.2, -0.15) is 4.31 Å². The molecular weight excluding hydrogens is 276 g/mol. The van der Waals surface area contributed by atoms with Crippen molar-refractivity contribution in [1.82, 2.24) is 4.31 Å². The van der Waals surface area contributed by atoms with Gasteiger partial charge in [0.1, 0.15) is 0 Å². The van der Waals surface area contributed by atoms with Crippen molar-refractivity contribution in [3.05, 3.63) is 29.8 Å². The molecule has 5 nitrogen and oxygen atoms in total. The van der Waals surface area contributed by atoms with Crippen molar-refractivity contribution in [3.8, 4) is 0 Å². The monoisotopic (exact) mass is 298 g/mol. The second-order valence-electron chi connectivity index (χ2n) is 5.24. The van der Waals surface area contributed by atoms with Crippen LogP contribution in [0.3, 0.4) is 0 Å². The zero-order valence-electron chi connectivity index (χ0n) is 11.5. The minimum absolute atomic E-state index is 0.112. The first-order chi connectivity index (χ1) is 9.57. The number of hydrogen-bond acceptors (Lipinski definition) is 4. The van der Waals surface area contributed by atoms with Crippen LogP contribution in [0.1, 0.15) is 24.8 Å². The van der Waals surface area contributed by atoms with Crippen LogP contribution in [-0.4, -0.2) is 37.5 Å². The summed E-state index contributed by atoms with van der Waals surface area (Å²) in [4.78, 5) is 0.310. The minimum atomic E-state index is -3.45. The molecule has 0 spiro atoms. The Hall–Kier alpha value is -0.950. The molecular formula is C14H22N2O3S. The molecule has 0 radical (unpaired) electrons. The van der Waals surface area contributed by atoms with Gasteiger partial charge in [0.05, 0.1) is 4.90 Å². The van der Waals surface area contributed by atoms with Gasteiger partial charge in [0.25, 0.3) is 0 Å². The van der Waals surface area contributed by atoms with Gasteiger partial charge in [-0.1, -0.05) is 12.1 Å². The average Bonchev–Trinajstić information content (AvgIpc) is 2.48. The molecule has 0 saturated carbocycles. The molecule has 1 atom stereocenters. The number of benzene rings is 1. The summed E-state index contributed by atoms with van der Waals surface area (Å²) in [6, 6.07) is 6.81. The summed E-state index contributed by atoms with van der Waals surface area (Å²) in [5.41, 5.74) is 6.38. The zero-order valence-corrected chi connectivity index (χ0v) is 12.3.